The maximum absolute atomic E-state index is 12.9. The number of amides is 2. The Labute approximate surface area is 173 Å². The molecule has 1 heterocycles. The minimum Gasteiger partial charge on any atom is -0.325 e. The van der Waals surface area contributed by atoms with Crippen LogP contribution in [0.2, 0.25) is 5.02 Å². The van der Waals surface area contributed by atoms with Gasteiger partial charge in [-0.1, -0.05) is 29.3 Å². The molecule has 29 heavy (non-hydrogen) atoms. The Morgan fingerprint density at radius 3 is 2.52 bits per heavy atom. The van der Waals surface area contributed by atoms with E-state index in [-0.39, 0.29) is 11.8 Å². The van der Waals surface area contributed by atoms with Crippen molar-refractivity contribution < 1.29 is 9.59 Å². The standard InChI is InChI=1S/C22H21ClN4O2/c1-13-6-9-16(10-7-13)27-20-5-3-4-17(20)21(26-27)22(29)25-15-8-11-19(18(23)12-15)24-14(2)28/h6-12H,3-5H2,1-2H3,(H,24,28)(H,25,29). The summed E-state index contributed by atoms with van der Waals surface area (Å²) in [5.74, 6) is -0.474. The average Bonchev–Trinajstić information content (AvgIpc) is 3.27. The minimum absolute atomic E-state index is 0.208. The fraction of sp³-hybridized carbons (Fsp3) is 0.227. The van der Waals surface area contributed by atoms with Crippen LogP contribution in [0.4, 0.5) is 11.4 Å². The van der Waals surface area contributed by atoms with Gasteiger partial charge in [0.15, 0.2) is 5.69 Å². The van der Waals surface area contributed by atoms with Crippen LogP contribution in [0.1, 0.15) is 40.7 Å². The van der Waals surface area contributed by atoms with E-state index in [0.29, 0.717) is 22.1 Å². The second kappa shape index (κ2) is 7.72. The molecule has 1 aliphatic rings. The van der Waals surface area contributed by atoms with Crippen molar-refractivity contribution >= 4 is 34.8 Å². The van der Waals surface area contributed by atoms with E-state index in [9.17, 15) is 9.59 Å². The first kappa shape index (κ1) is 19.2. The summed E-state index contributed by atoms with van der Waals surface area (Å²) in [6, 6.07) is 13.1. The van der Waals surface area contributed by atoms with E-state index in [1.807, 2.05) is 35.9 Å². The van der Waals surface area contributed by atoms with E-state index in [1.165, 1.54) is 12.5 Å². The molecule has 2 N–H and O–H groups in total. The van der Waals surface area contributed by atoms with Crippen LogP contribution in [-0.4, -0.2) is 21.6 Å². The lowest BCUT2D eigenvalue weighted by Crippen LogP contribution is -2.15. The van der Waals surface area contributed by atoms with Crippen molar-refractivity contribution in [3.05, 3.63) is 70.0 Å². The van der Waals surface area contributed by atoms with Gasteiger partial charge >= 0.3 is 0 Å². The number of halogens is 1. The maximum Gasteiger partial charge on any atom is 0.276 e. The van der Waals surface area contributed by atoms with Gasteiger partial charge in [-0.15, -0.1) is 0 Å². The lowest BCUT2D eigenvalue weighted by atomic mass is 10.2. The number of aromatic nitrogens is 2. The molecule has 3 aromatic rings. The first-order valence-electron chi connectivity index (χ1n) is 9.48. The average molecular weight is 409 g/mol. The molecular weight excluding hydrogens is 388 g/mol. The Hall–Kier alpha value is -3.12. The fourth-order valence-corrected chi connectivity index (χ4v) is 3.82. The number of benzene rings is 2. The van der Waals surface area contributed by atoms with E-state index in [1.54, 1.807) is 18.2 Å². The van der Waals surface area contributed by atoms with Gasteiger partial charge in [0.05, 0.1) is 16.4 Å². The first-order chi connectivity index (χ1) is 13.9. The Morgan fingerprint density at radius 1 is 1.07 bits per heavy atom. The highest BCUT2D eigenvalue weighted by molar-refractivity contribution is 6.34. The number of hydrogen-bond acceptors (Lipinski definition) is 3. The molecule has 1 aromatic heterocycles. The van der Waals surface area contributed by atoms with Crippen molar-refractivity contribution in [2.24, 2.45) is 0 Å². The van der Waals surface area contributed by atoms with Gasteiger partial charge in [-0.25, -0.2) is 4.68 Å². The van der Waals surface area contributed by atoms with Gasteiger partial charge in [0.2, 0.25) is 5.91 Å². The number of nitrogens with zero attached hydrogens (tertiary/aromatic N) is 2. The Bertz CT molecular complexity index is 1100. The number of anilines is 2. The van der Waals surface area contributed by atoms with E-state index in [4.69, 9.17) is 11.6 Å². The Balaban J connectivity index is 1.61. The van der Waals surface area contributed by atoms with Crippen molar-refractivity contribution in [2.75, 3.05) is 10.6 Å². The summed E-state index contributed by atoms with van der Waals surface area (Å²) in [6.45, 7) is 3.45. The summed E-state index contributed by atoms with van der Waals surface area (Å²) in [6.07, 6.45) is 2.75. The van der Waals surface area contributed by atoms with E-state index in [2.05, 4.69) is 15.7 Å². The molecule has 0 bridgehead atoms. The smallest absolute Gasteiger partial charge is 0.276 e. The SMILES string of the molecule is CC(=O)Nc1ccc(NC(=O)c2nn(-c3ccc(C)cc3)c3c2CCC3)cc1Cl. The van der Waals surface area contributed by atoms with Crippen LogP contribution in [0.15, 0.2) is 42.5 Å². The van der Waals surface area contributed by atoms with Crippen molar-refractivity contribution in [1.29, 1.82) is 0 Å². The molecule has 0 saturated heterocycles. The van der Waals surface area contributed by atoms with Crippen LogP contribution in [0.3, 0.4) is 0 Å². The maximum atomic E-state index is 12.9. The highest BCUT2D eigenvalue weighted by Crippen LogP contribution is 2.30. The molecule has 0 aliphatic heterocycles. The highest BCUT2D eigenvalue weighted by atomic mass is 35.5. The van der Waals surface area contributed by atoms with Gasteiger partial charge in [0, 0.05) is 23.9 Å². The summed E-state index contributed by atoms with van der Waals surface area (Å²) in [5, 5.41) is 10.5. The zero-order valence-electron chi connectivity index (χ0n) is 16.3. The predicted molar refractivity (Wildman–Crippen MR) is 114 cm³/mol. The largest absolute Gasteiger partial charge is 0.325 e. The summed E-state index contributed by atoms with van der Waals surface area (Å²) >= 11 is 6.21. The molecule has 0 radical (unpaired) electrons. The third kappa shape index (κ3) is 3.89. The number of aryl methyl sites for hydroxylation is 1. The Kier molecular flexibility index (Phi) is 5.11. The zero-order chi connectivity index (χ0) is 20.5. The van der Waals surface area contributed by atoms with Crippen molar-refractivity contribution in [3.8, 4) is 5.69 Å². The van der Waals surface area contributed by atoms with Crippen LogP contribution in [0, 0.1) is 6.92 Å². The number of nitrogens with one attached hydrogen (secondary N) is 2. The summed E-state index contributed by atoms with van der Waals surface area (Å²) in [5.41, 5.74) is 5.72. The normalized spacial score (nSPS) is 12.5. The number of carbonyl (C=O) groups excluding carboxylic acids is 2. The molecule has 0 fully saturated rings. The lowest BCUT2D eigenvalue weighted by molar-refractivity contribution is -0.114. The quantitative estimate of drug-likeness (QED) is 0.665. The van der Waals surface area contributed by atoms with Gasteiger partial charge in [-0.05, 0) is 56.5 Å². The monoisotopic (exact) mass is 408 g/mol. The third-order valence-electron chi connectivity index (χ3n) is 4.96. The summed E-state index contributed by atoms with van der Waals surface area (Å²) < 4.78 is 1.88. The fourth-order valence-electron chi connectivity index (χ4n) is 3.59. The van der Waals surface area contributed by atoms with Crippen molar-refractivity contribution in [1.82, 2.24) is 9.78 Å². The van der Waals surface area contributed by atoms with Gasteiger partial charge in [0.1, 0.15) is 0 Å². The number of carbonyl (C=O) groups is 2. The highest BCUT2D eigenvalue weighted by Gasteiger charge is 2.27. The molecule has 0 saturated carbocycles. The zero-order valence-corrected chi connectivity index (χ0v) is 17.0. The van der Waals surface area contributed by atoms with E-state index < -0.39 is 0 Å². The molecule has 0 unspecified atom stereocenters. The van der Waals surface area contributed by atoms with Crippen molar-refractivity contribution in [2.45, 2.75) is 33.1 Å². The molecule has 7 heteroatoms. The first-order valence-corrected chi connectivity index (χ1v) is 9.86. The van der Waals surface area contributed by atoms with Crippen LogP contribution in [0.5, 0.6) is 0 Å². The second-order valence-electron chi connectivity index (χ2n) is 7.20. The Morgan fingerprint density at radius 2 is 1.83 bits per heavy atom. The molecule has 148 valence electrons. The molecule has 4 rings (SSSR count). The molecule has 2 aromatic carbocycles. The van der Waals surface area contributed by atoms with Crippen LogP contribution in [-0.2, 0) is 17.6 Å². The third-order valence-corrected chi connectivity index (χ3v) is 5.27. The second-order valence-corrected chi connectivity index (χ2v) is 7.61. The molecule has 1 aliphatic carbocycles. The predicted octanol–water partition coefficient (Wildman–Crippen LogP) is 4.53. The van der Waals surface area contributed by atoms with Gasteiger partial charge < -0.3 is 10.6 Å². The number of hydrogen-bond donors (Lipinski definition) is 2. The van der Waals surface area contributed by atoms with Gasteiger partial charge in [-0.3, -0.25) is 9.59 Å². The molecule has 6 nitrogen and oxygen atoms in total. The lowest BCUT2D eigenvalue weighted by Gasteiger charge is -2.09. The van der Waals surface area contributed by atoms with Gasteiger partial charge in [-0.2, -0.15) is 5.10 Å². The molecule has 0 atom stereocenters. The molecule has 0 spiro atoms. The van der Waals surface area contributed by atoms with Crippen LogP contribution in [0.25, 0.3) is 5.69 Å². The number of rotatable bonds is 4. The topological polar surface area (TPSA) is 76.0 Å². The molecular formula is C22H21ClN4O2. The number of fused-ring (bicyclic) bond motifs is 1. The molecule has 2 amide bonds. The summed E-state index contributed by atoms with van der Waals surface area (Å²) in [7, 11) is 0. The van der Waals surface area contributed by atoms with Crippen molar-refractivity contribution in [3.63, 3.8) is 0 Å². The summed E-state index contributed by atoms with van der Waals surface area (Å²) in [4.78, 5) is 24.2. The minimum atomic E-state index is -0.266. The van der Waals surface area contributed by atoms with Gasteiger partial charge in [0.25, 0.3) is 5.91 Å². The van der Waals surface area contributed by atoms with E-state index in [0.717, 1.165) is 36.2 Å². The van der Waals surface area contributed by atoms with Crippen LogP contribution >= 0.6 is 11.6 Å². The van der Waals surface area contributed by atoms with Crippen LogP contribution < -0.4 is 10.6 Å². The van der Waals surface area contributed by atoms with E-state index >= 15 is 0 Å².